The zero-order valence-corrected chi connectivity index (χ0v) is 27.6. The maximum absolute atomic E-state index is 13.3. The smallest absolute Gasteiger partial charge is 0.343 e. The molecule has 1 atom stereocenters. The molecule has 45 heavy (non-hydrogen) atoms. The molecule has 2 aromatic heterocycles. The van der Waals surface area contributed by atoms with Crippen molar-refractivity contribution < 1.29 is 14.3 Å². The number of carbonyl (C=O) groups is 1. The number of fused-ring (bicyclic) bond motifs is 1. The molecule has 0 spiro atoms. The lowest BCUT2D eigenvalue weighted by Crippen LogP contribution is -2.37. The Kier molecular flexibility index (Phi) is 9.07. The summed E-state index contributed by atoms with van der Waals surface area (Å²) in [6.07, 6.45) is 3.43. The highest BCUT2D eigenvalue weighted by Crippen LogP contribution is 2.44. The van der Waals surface area contributed by atoms with Crippen LogP contribution in [0.4, 0.5) is 34.5 Å². The first-order chi connectivity index (χ1) is 21.4. The van der Waals surface area contributed by atoms with Gasteiger partial charge in [0.05, 0.1) is 41.7 Å². The van der Waals surface area contributed by atoms with Crippen molar-refractivity contribution in [3.63, 3.8) is 0 Å². The molecule has 2 aliphatic heterocycles. The number of nitrogens with zero attached hydrogens (tertiary/aromatic N) is 6. The van der Waals surface area contributed by atoms with E-state index in [0.717, 1.165) is 43.0 Å². The van der Waals surface area contributed by atoms with Crippen molar-refractivity contribution >= 4 is 40.5 Å². The molecule has 0 unspecified atom stereocenters. The molecule has 0 bridgehead atoms. The molecule has 0 saturated carbocycles. The van der Waals surface area contributed by atoms with E-state index in [1.807, 2.05) is 43.0 Å². The van der Waals surface area contributed by atoms with E-state index in [9.17, 15) is 4.79 Å². The number of pyridine rings is 1. The summed E-state index contributed by atoms with van der Waals surface area (Å²) in [5, 5.41) is 3.30. The summed E-state index contributed by atoms with van der Waals surface area (Å²) in [4.78, 5) is 34.1. The zero-order valence-electron chi connectivity index (χ0n) is 27.6. The average molecular weight is 613 g/mol. The van der Waals surface area contributed by atoms with Gasteiger partial charge in [-0.2, -0.15) is 4.98 Å². The minimum atomic E-state index is -0.497. The summed E-state index contributed by atoms with van der Waals surface area (Å²) >= 11 is 0. The highest BCUT2D eigenvalue weighted by Gasteiger charge is 2.40. The van der Waals surface area contributed by atoms with Crippen LogP contribution in [0.2, 0.25) is 0 Å². The van der Waals surface area contributed by atoms with Crippen LogP contribution in [0.1, 0.15) is 69.2 Å². The fourth-order valence-electron chi connectivity index (χ4n) is 6.16. The van der Waals surface area contributed by atoms with Crippen LogP contribution in [0.25, 0.3) is 0 Å². The predicted octanol–water partition coefficient (Wildman–Crippen LogP) is 5.10. The summed E-state index contributed by atoms with van der Waals surface area (Å²) in [5.41, 5.74) is 11.2. The van der Waals surface area contributed by atoms with E-state index in [4.69, 9.17) is 25.2 Å². The predicted molar refractivity (Wildman–Crippen MR) is 179 cm³/mol. The molecule has 11 nitrogen and oxygen atoms in total. The first-order valence-electron chi connectivity index (χ1n) is 15.4. The van der Waals surface area contributed by atoms with Gasteiger partial charge >= 0.3 is 5.97 Å². The van der Waals surface area contributed by atoms with Gasteiger partial charge in [-0.05, 0) is 71.8 Å². The number of ether oxygens (including phenoxy) is 2. The molecule has 5 rings (SSSR count). The Morgan fingerprint density at radius 2 is 2.00 bits per heavy atom. The fourth-order valence-corrected chi connectivity index (χ4v) is 6.16. The van der Waals surface area contributed by atoms with Crippen LogP contribution in [0.3, 0.4) is 0 Å². The second kappa shape index (κ2) is 12.8. The average Bonchev–Trinajstić information content (AvgIpc) is 3.53. The van der Waals surface area contributed by atoms with E-state index in [2.05, 4.69) is 59.9 Å². The molecule has 0 radical (unpaired) electrons. The summed E-state index contributed by atoms with van der Waals surface area (Å²) in [6.45, 7) is 12.1. The summed E-state index contributed by atoms with van der Waals surface area (Å²) in [5.74, 6) is 6.80. The number of likely N-dealkylation sites (N-methyl/N-ethyl adjacent to an activating group) is 1. The Morgan fingerprint density at radius 1 is 1.22 bits per heavy atom. The van der Waals surface area contributed by atoms with E-state index in [-0.39, 0.29) is 23.0 Å². The number of rotatable bonds is 9. The topological polar surface area (TPSA) is 122 Å². The number of nitrogens with one attached hydrogen (secondary N) is 1. The monoisotopic (exact) mass is 612 g/mol. The van der Waals surface area contributed by atoms with E-state index in [1.165, 1.54) is 6.20 Å². The molecular formula is C34H44N8O3. The molecule has 238 valence electrons. The van der Waals surface area contributed by atoms with Crippen molar-refractivity contribution in [1.29, 1.82) is 0 Å². The van der Waals surface area contributed by atoms with Gasteiger partial charge in [0, 0.05) is 43.4 Å². The molecule has 1 aromatic carbocycles. The van der Waals surface area contributed by atoms with E-state index >= 15 is 0 Å². The molecule has 0 amide bonds. The molecule has 1 fully saturated rings. The highest BCUT2D eigenvalue weighted by atomic mass is 16.5. The Labute approximate surface area is 266 Å². The molecule has 3 aromatic rings. The van der Waals surface area contributed by atoms with Crippen molar-refractivity contribution in [3.05, 3.63) is 47.4 Å². The molecule has 11 heteroatoms. The van der Waals surface area contributed by atoms with E-state index in [1.54, 1.807) is 14.0 Å². The third kappa shape index (κ3) is 6.61. The number of carbonyl (C=O) groups excluding carboxylic acids is 1. The lowest BCUT2D eigenvalue weighted by Gasteiger charge is -2.30. The Hall–Kier alpha value is -4.56. The van der Waals surface area contributed by atoms with Crippen molar-refractivity contribution in [3.8, 4) is 17.6 Å². The second-order valence-corrected chi connectivity index (χ2v) is 12.8. The Balaban J connectivity index is 1.54. The van der Waals surface area contributed by atoms with Gasteiger partial charge in [-0.1, -0.05) is 19.8 Å². The molecule has 0 aliphatic carbocycles. The van der Waals surface area contributed by atoms with Crippen LogP contribution < -0.4 is 25.6 Å². The van der Waals surface area contributed by atoms with Crippen LogP contribution in [0.15, 0.2) is 30.5 Å². The Morgan fingerprint density at radius 3 is 2.69 bits per heavy atom. The van der Waals surface area contributed by atoms with Gasteiger partial charge in [0.1, 0.15) is 17.0 Å². The third-order valence-electron chi connectivity index (χ3n) is 8.06. The van der Waals surface area contributed by atoms with Gasteiger partial charge in [-0.25, -0.2) is 14.8 Å². The number of anilines is 6. The van der Waals surface area contributed by atoms with Gasteiger partial charge in [0.15, 0.2) is 5.82 Å². The van der Waals surface area contributed by atoms with Gasteiger partial charge in [-0.3, -0.25) is 0 Å². The first-order valence-corrected chi connectivity index (χ1v) is 15.4. The maximum atomic E-state index is 13.3. The van der Waals surface area contributed by atoms with Crippen LogP contribution >= 0.6 is 0 Å². The lowest BCUT2D eigenvalue weighted by molar-refractivity contribution is 0.0378. The number of hydrogen-bond acceptors (Lipinski definition) is 11. The largest absolute Gasteiger partial charge is 0.494 e. The van der Waals surface area contributed by atoms with E-state index < -0.39 is 5.97 Å². The van der Waals surface area contributed by atoms with Gasteiger partial charge in [0.2, 0.25) is 5.95 Å². The number of benzene rings is 1. The van der Waals surface area contributed by atoms with Crippen molar-refractivity contribution in [2.75, 3.05) is 61.7 Å². The number of nitrogens with two attached hydrogens (primary N) is 1. The zero-order chi connectivity index (χ0) is 32.5. The number of nitrogen functional groups attached to an aromatic ring is 1. The quantitative estimate of drug-likeness (QED) is 0.191. The normalized spacial score (nSPS) is 16.9. The van der Waals surface area contributed by atoms with Crippen molar-refractivity contribution in [2.24, 2.45) is 0 Å². The second-order valence-electron chi connectivity index (χ2n) is 12.8. The SMILES string of the molecule is CC#Cc1ccc2c(n1)C(C)(C)CN2c1nc(Nc2cc(N)c(N3CCC[C@@H]3CN(C)C)cc2OC)ncc1C(=O)OC(C)C. The standard InChI is InChI=1S/C34H44N8O3/c1-9-11-22-13-14-27-30(37-22)34(4,5)20-42(27)31-24(32(43)45-21(2)3)18-36-33(39-31)38-26-16-25(35)28(17-29(26)44-8)41-15-10-12-23(41)19-40(6)7/h13-14,16-18,21,23H,10,12,15,19-20,35H2,1-8H3,(H,36,38,39)/t23-/m1/s1. The van der Waals surface area contributed by atoms with Crippen LogP contribution in [-0.2, 0) is 10.2 Å². The molecule has 2 aliphatic rings. The van der Waals surface area contributed by atoms with Gasteiger partial charge < -0.3 is 35.2 Å². The van der Waals surface area contributed by atoms with E-state index in [0.29, 0.717) is 41.2 Å². The fraction of sp³-hybridized carbons (Fsp3) is 0.471. The van der Waals surface area contributed by atoms with Crippen molar-refractivity contribution in [2.45, 2.75) is 65.0 Å². The van der Waals surface area contributed by atoms with Gasteiger partial charge in [0.25, 0.3) is 0 Å². The van der Waals surface area contributed by atoms with Gasteiger partial charge in [-0.15, -0.1) is 0 Å². The number of aromatic nitrogens is 3. The minimum absolute atomic E-state index is 0.262. The maximum Gasteiger partial charge on any atom is 0.343 e. The number of esters is 1. The molecular weight excluding hydrogens is 568 g/mol. The van der Waals surface area contributed by atoms with Crippen LogP contribution in [0, 0.1) is 11.8 Å². The first kappa shape index (κ1) is 31.9. The van der Waals surface area contributed by atoms with Crippen LogP contribution in [-0.4, -0.2) is 78.8 Å². The lowest BCUT2D eigenvalue weighted by atomic mass is 9.91. The highest BCUT2D eigenvalue weighted by molar-refractivity contribution is 5.96. The Bertz CT molecular complexity index is 1640. The summed E-state index contributed by atoms with van der Waals surface area (Å²) in [7, 11) is 5.81. The number of methoxy groups -OCH3 is 1. The van der Waals surface area contributed by atoms with Crippen LogP contribution in [0.5, 0.6) is 5.75 Å². The minimum Gasteiger partial charge on any atom is -0.494 e. The summed E-state index contributed by atoms with van der Waals surface area (Å²) in [6, 6.07) is 8.07. The van der Waals surface area contributed by atoms with Crippen molar-refractivity contribution in [1.82, 2.24) is 19.9 Å². The molecule has 3 N–H and O–H groups in total. The number of hydrogen-bond donors (Lipinski definition) is 2. The third-order valence-corrected chi connectivity index (χ3v) is 8.06. The molecule has 4 heterocycles. The summed E-state index contributed by atoms with van der Waals surface area (Å²) < 4.78 is 11.4. The molecule has 1 saturated heterocycles.